The normalized spacial score (nSPS) is 15.6. The number of nitrogens with two attached hydrogens (primary N) is 2. The molecule has 2 aromatic rings. The molecule has 8 amide bonds. The summed E-state index contributed by atoms with van der Waals surface area (Å²) in [5.41, 5.74) is 12.7. The predicted octanol–water partition coefficient (Wildman–Crippen LogP) is -0.464. The number of carboxylic acids is 1. The highest BCUT2D eigenvalue weighted by Gasteiger charge is 2.40. The zero-order chi connectivity index (χ0) is 50.9. The van der Waals surface area contributed by atoms with Gasteiger partial charge < -0.3 is 47.6 Å². The smallest absolute Gasteiger partial charge is 0.305 e. The Hall–Kier alpha value is -6.03. The van der Waals surface area contributed by atoms with Crippen LogP contribution in [0.1, 0.15) is 81.7 Å². The molecule has 10 N–H and O–H groups in total. The largest absolute Gasteiger partial charge is 0.481 e. The van der Waals surface area contributed by atoms with Crippen molar-refractivity contribution in [1.82, 2.24) is 35.8 Å². The Morgan fingerprint density at radius 1 is 0.882 bits per heavy atom. The van der Waals surface area contributed by atoms with Crippen LogP contribution >= 0.6 is 23.1 Å². The zero-order valence-electron chi connectivity index (χ0n) is 38.8. The molecule has 0 saturated carbocycles. The molecule has 0 radical (unpaired) electrons. The third-order valence-electron chi connectivity index (χ3n) is 10.6. The van der Waals surface area contributed by atoms with E-state index >= 15 is 0 Å². The van der Waals surface area contributed by atoms with Gasteiger partial charge in [-0.25, -0.2) is 13.1 Å². The Labute approximate surface area is 404 Å². The number of benzene rings is 1. The quantitative estimate of drug-likeness (QED) is 0.0585. The van der Waals surface area contributed by atoms with Crippen molar-refractivity contribution < 1.29 is 56.7 Å². The van der Waals surface area contributed by atoms with Crippen LogP contribution in [0.15, 0.2) is 40.6 Å². The van der Waals surface area contributed by atoms with E-state index in [-0.39, 0.29) is 29.5 Å². The number of primary amides is 2. The minimum atomic E-state index is -4.09. The summed E-state index contributed by atoms with van der Waals surface area (Å²) in [4.78, 5) is 120. The number of thiophene rings is 1. The molecule has 24 heteroatoms. The third kappa shape index (κ3) is 17.6. The second-order valence-electron chi connectivity index (χ2n) is 16.6. The Kier molecular flexibility index (Phi) is 21.9. The van der Waals surface area contributed by atoms with Gasteiger partial charge in [0, 0.05) is 32.1 Å². The van der Waals surface area contributed by atoms with Gasteiger partial charge in [0.15, 0.2) is 0 Å². The summed E-state index contributed by atoms with van der Waals surface area (Å²) in [6.45, 7) is 6.64. The maximum Gasteiger partial charge on any atom is 0.305 e. The summed E-state index contributed by atoms with van der Waals surface area (Å²) < 4.78 is 28.1. The molecule has 1 fully saturated rings. The maximum atomic E-state index is 14.0. The van der Waals surface area contributed by atoms with Crippen LogP contribution in [-0.2, 0) is 53.2 Å². The molecule has 0 bridgehead atoms. The summed E-state index contributed by atoms with van der Waals surface area (Å²) in [5.74, 6) is -2.24. The molecule has 0 spiro atoms. The Balaban J connectivity index is 1.66. The van der Waals surface area contributed by atoms with Gasteiger partial charge in [0.05, 0.1) is 17.7 Å². The molecule has 5 unspecified atom stereocenters. The first-order chi connectivity index (χ1) is 31.9. The second-order valence-corrected chi connectivity index (χ2v) is 20.7. The van der Waals surface area contributed by atoms with Crippen molar-refractivity contribution in [2.45, 2.75) is 113 Å². The molecule has 68 heavy (non-hydrogen) atoms. The number of nitrogens with one attached hydrogen (secondary N) is 5. The standard InChI is InChI=1S/C44H61N9O12S3/c1-25(2)22-32(43(62)52(5)34(18-21-66-6)44(63)53-20-7-8-33(53)39(46)58)51-40(59)27(4)48-41(60)31(24-37(56)57)50-42(61)30(23-35(45)54)49-36(55)17-19-47-68(64,65)38-16-15-29(67-38)14-13-28-11-9-26(3)10-12-28/h9-12,15-16,25,27,30-34,47H,7-8,17-24H2,1-6H3,(H2,45,54)(H2,46,58)(H,48,60)(H,49,55)(H,50,61)(H,51,59)(H,56,57)/t27?,30?,31?,32?,33-,34?/m0/s1. The first-order valence-electron chi connectivity index (χ1n) is 21.7. The number of carbonyl (C=O) groups is 9. The fourth-order valence-electron chi connectivity index (χ4n) is 7.00. The molecule has 6 atom stereocenters. The number of carboxylic acid groups (broad SMARTS) is 1. The lowest BCUT2D eigenvalue weighted by molar-refractivity contribution is -0.148. The SMILES string of the molecule is CSCCC(C(=O)N1CCC[C@H]1C(N)=O)N(C)C(=O)C(CC(C)C)NC(=O)C(C)NC(=O)C(CC(=O)O)NC(=O)C(CC(N)=O)NC(=O)CCNS(=O)(=O)c1ccc(C#Cc2ccc(C)cc2)s1. The first-order valence-corrected chi connectivity index (χ1v) is 25.4. The van der Waals surface area contributed by atoms with E-state index in [1.807, 2.05) is 37.4 Å². The summed E-state index contributed by atoms with van der Waals surface area (Å²) >= 11 is 2.36. The number of thioether (sulfide) groups is 1. The minimum Gasteiger partial charge on any atom is -0.481 e. The molecule has 1 aliphatic heterocycles. The number of likely N-dealkylation sites (N-methyl/N-ethyl adjacent to an activating group) is 1. The van der Waals surface area contributed by atoms with Gasteiger partial charge in [-0.3, -0.25) is 43.2 Å². The number of rotatable bonds is 25. The van der Waals surface area contributed by atoms with Crippen LogP contribution in [0.25, 0.3) is 0 Å². The van der Waals surface area contributed by atoms with Crippen molar-refractivity contribution >= 4 is 86.3 Å². The molecular weight excluding hydrogens is 943 g/mol. The fourth-order valence-corrected chi connectivity index (χ4v) is 9.70. The summed E-state index contributed by atoms with van der Waals surface area (Å²) in [7, 11) is -2.66. The molecular formula is C44H61N9O12S3. The van der Waals surface area contributed by atoms with Crippen LogP contribution in [-0.4, -0.2) is 145 Å². The van der Waals surface area contributed by atoms with Crippen LogP contribution in [0.4, 0.5) is 0 Å². The number of amides is 8. The van der Waals surface area contributed by atoms with E-state index in [0.29, 0.717) is 23.5 Å². The van der Waals surface area contributed by atoms with Gasteiger partial charge in [0.2, 0.25) is 57.3 Å². The molecule has 1 saturated heterocycles. The highest BCUT2D eigenvalue weighted by Crippen LogP contribution is 2.23. The molecule has 3 rings (SSSR count). The molecule has 21 nitrogen and oxygen atoms in total. The van der Waals surface area contributed by atoms with Gasteiger partial charge in [-0.05, 0) is 81.7 Å². The van der Waals surface area contributed by atoms with Crippen LogP contribution in [0.2, 0.25) is 0 Å². The average Bonchev–Trinajstić information content (AvgIpc) is 3.96. The minimum absolute atomic E-state index is 0.0681. The van der Waals surface area contributed by atoms with Crippen LogP contribution < -0.4 is 37.5 Å². The van der Waals surface area contributed by atoms with E-state index in [1.165, 1.54) is 47.7 Å². The summed E-state index contributed by atoms with van der Waals surface area (Å²) in [6, 6.07) is 2.35. The second kappa shape index (κ2) is 26.5. The Bertz CT molecular complexity index is 2350. The Morgan fingerprint density at radius 2 is 1.51 bits per heavy atom. The third-order valence-corrected chi connectivity index (χ3v) is 14.2. The van der Waals surface area contributed by atoms with Crippen LogP contribution in [0.5, 0.6) is 0 Å². The lowest BCUT2D eigenvalue weighted by Crippen LogP contribution is -2.59. The Morgan fingerprint density at radius 3 is 2.12 bits per heavy atom. The van der Waals surface area contributed by atoms with Crippen LogP contribution in [0, 0.1) is 24.7 Å². The highest BCUT2D eigenvalue weighted by molar-refractivity contribution is 7.98. The number of carbonyl (C=O) groups excluding carboxylic acids is 8. The van der Waals surface area contributed by atoms with Crippen molar-refractivity contribution in [3.8, 4) is 11.8 Å². The fraction of sp³-hybridized carbons (Fsp3) is 0.523. The molecule has 372 valence electrons. The number of aliphatic carboxylic acids is 1. The number of sulfonamides is 1. The summed E-state index contributed by atoms with van der Waals surface area (Å²) in [6.07, 6.45) is 0.821. The molecule has 0 aliphatic carbocycles. The van der Waals surface area contributed by atoms with E-state index in [1.54, 1.807) is 13.8 Å². The summed E-state index contributed by atoms with van der Waals surface area (Å²) in [5, 5.41) is 19.0. The van der Waals surface area contributed by atoms with Gasteiger partial charge in [0.25, 0.3) is 0 Å². The van der Waals surface area contributed by atoms with Gasteiger partial charge >= 0.3 is 5.97 Å². The number of hydrogen-bond donors (Lipinski definition) is 8. The lowest BCUT2D eigenvalue weighted by Gasteiger charge is -2.35. The first kappa shape index (κ1) is 56.3. The van der Waals surface area contributed by atoms with E-state index in [0.717, 1.165) is 22.5 Å². The van der Waals surface area contributed by atoms with E-state index < -0.39 is 125 Å². The maximum absolute atomic E-state index is 14.0. The molecule has 1 aromatic carbocycles. The van der Waals surface area contributed by atoms with Gasteiger partial charge in [-0.1, -0.05) is 43.4 Å². The van der Waals surface area contributed by atoms with Crippen molar-refractivity contribution in [2.75, 3.05) is 32.1 Å². The highest BCUT2D eigenvalue weighted by atomic mass is 32.2. The van der Waals surface area contributed by atoms with E-state index in [4.69, 9.17) is 11.5 Å². The van der Waals surface area contributed by atoms with Crippen molar-refractivity contribution in [2.24, 2.45) is 17.4 Å². The predicted molar refractivity (Wildman–Crippen MR) is 254 cm³/mol. The molecule has 1 aliphatic rings. The number of aryl methyl sites for hydroxylation is 1. The van der Waals surface area contributed by atoms with Crippen molar-refractivity contribution in [3.63, 3.8) is 0 Å². The molecule has 2 heterocycles. The van der Waals surface area contributed by atoms with Crippen molar-refractivity contribution in [1.29, 1.82) is 0 Å². The van der Waals surface area contributed by atoms with E-state index in [9.17, 15) is 56.7 Å². The number of hydrogen-bond acceptors (Lipinski definition) is 13. The monoisotopic (exact) mass is 1000 g/mol. The lowest BCUT2D eigenvalue weighted by atomic mass is 10.0. The van der Waals surface area contributed by atoms with Crippen LogP contribution in [0.3, 0.4) is 0 Å². The topological polar surface area (TPSA) is 327 Å². The number of likely N-dealkylation sites (tertiary alicyclic amines) is 1. The van der Waals surface area contributed by atoms with E-state index in [2.05, 4.69) is 37.8 Å². The van der Waals surface area contributed by atoms with Gasteiger partial charge in [-0.15, -0.1) is 11.3 Å². The average molecular weight is 1000 g/mol. The zero-order valence-corrected chi connectivity index (χ0v) is 41.2. The van der Waals surface area contributed by atoms with Gasteiger partial charge in [-0.2, -0.15) is 11.8 Å². The van der Waals surface area contributed by atoms with Crippen molar-refractivity contribution in [3.05, 3.63) is 52.4 Å². The molecule has 1 aromatic heterocycles. The van der Waals surface area contributed by atoms with Gasteiger partial charge in [0.1, 0.15) is 40.5 Å². The number of nitrogens with zero attached hydrogens (tertiary/aromatic N) is 2.